The maximum atomic E-state index is 11.9. The number of hydrogen-bond donors (Lipinski definition) is 1. The summed E-state index contributed by atoms with van der Waals surface area (Å²) in [5.41, 5.74) is 0. The van der Waals surface area contributed by atoms with Crippen LogP contribution in [0.25, 0.3) is 0 Å². The number of nitrogens with one attached hydrogen (secondary N) is 1. The minimum atomic E-state index is -3.24. The molecule has 0 aromatic carbocycles. The second-order valence-corrected chi connectivity index (χ2v) is 6.77. The van der Waals surface area contributed by atoms with Crippen molar-refractivity contribution in [3.05, 3.63) is 0 Å². The predicted octanol–water partition coefficient (Wildman–Crippen LogP) is 0.425. The van der Waals surface area contributed by atoms with Crippen LogP contribution in [0.3, 0.4) is 0 Å². The van der Waals surface area contributed by atoms with Crippen molar-refractivity contribution in [1.29, 1.82) is 0 Å². The summed E-state index contributed by atoms with van der Waals surface area (Å²) in [5.74, 6) is 0. The van der Waals surface area contributed by atoms with Gasteiger partial charge in [-0.15, -0.1) is 0 Å². The van der Waals surface area contributed by atoms with E-state index in [1.165, 1.54) is 7.11 Å². The molecule has 0 spiro atoms. The van der Waals surface area contributed by atoms with Gasteiger partial charge in [0.2, 0.25) is 10.0 Å². The summed E-state index contributed by atoms with van der Waals surface area (Å²) in [6, 6.07) is 0.351. The van der Waals surface area contributed by atoms with Crippen LogP contribution >= 0.6 is 0 Å². The van der Waals surface area contributed by atoms with Crippen LogP contribution in [0.2, 0.25) is 0 Å². The Hall–Kier alpha value is -0.170. The molecule has 0 bridgehead atoms. The summed E-state index contributed by atoms with van der Waals surface area (Å²) in [7, 11) is -1.73. The Morgan fingerprint density at radius 2 is 2.24 bits per heavy atom. The van der Waals surface area contributed by atoms with Gasteiger partial charge in [-0.25, -0.2) is 13.1 Å². The molecule has 0 unspecified atom stereocenters. The normalized spacial score (nSPS) is 24.1. The lowest BCUT2D eigenvalue weighted by Gasteiger charge is -2.23. The molecular weight excluding hydrogens is 240 g/mol. The van der Waals surface area contributed by atoms with Gasteiger partial charge in [-0.3, -0.25) is 4.90 Å². The molecule has 0 aromatic rings. The molecular formula is C11H24N2O3S. The highest BCUT2D eigenvalue weighted by Crippen LogP contribution is 2.16. The highest BCUT2D eigenvalue weighted by Gasteiger charge is 2.26. The second-order valence-electron chi connectivity index (χ2n) is 4.58. The van der Waals surface area contributed by atoms with Crippen molar-refractivity contribution in [3.63, 3.8) is 0 Å². The van der Waals surface area contributed by atoms with Crippen LogP contribution < -0.4 is 4.72 Å². The van der Waals surface area contributed by atoms with E-state index in [2.05, 4.69) is 16.5 Å². The lowest BCUT2D eigenvalue weighted by Crippen LogP contribution is -2.43. The van der Waals surface area contributed by atoms with E-state index in [0.717, 1.165) is 25.9 Å². The van der Waals surface area contributed by atoms with Crippen molar-refractivity contribution in [3.8, 4) is 0 Å². The largest absolute Gasteiger partial charge is 0.383 e. The van der Waals surface area contributed by atoms with E-state index in [1.54, 1.807) is 6.92 Å². The molecule has 1 heterocycles. The first-order chi connectivity index (χ1) is 8.01. The molecule has 1 rings (SSSR count). The standard InChI is InChI=1S/C11H24N2O3S/c1-4-13-7-5-6-11(13)8-12-17(14,15)10(2)9-16-3/h10-12H,4-9H2,1-3H3/t10-,11-/m0/s1. The predicted molar refractivity (Wildman–Crippen MR) is 68.5 cm³/mol. The Morgan fingerprint density at radius 3 is 2.82 bits per heavy atom. The van der Waals surface area contributed by atoms with E-state index in [1.807, 2.05) is 0 Å². The first-order valence-electron chi connectivity index (χ1n) is 6.22. The number of hydrogen-bond acceptors (Lipinski definition) is 4. The number of sulfonamides is 1. The Kier molecular flexibility index (Phi) is 5.85. The van der Waals surface area contributed by atoms with Crippen LogP contribution in [0, 0.1) is 0 Å². The van der Waals surface area contributed by atoms with E-state index in [-0.39, 0.29) is 6.61 Å². The van der Waals surface area contributed by atoms with Gasteiger partial charge < -0.3 is 4.74 Å². The Labute approximate surface area is 105 Å². The van der Waals surface area contributed by atoms with E-state index in [0.29, 0.717) is 12.6 Å². The molecule has 5 nitrogen and oxygen atoms in total. The zero-order valence-corrected chi connectivity index (χ0v) is 11.8. The fourth-order valence-electron chi connectivity index (χ4n) is 2.22. The molecule has 17 heavy (non-hydrogen) atoms. The Bertz CT molecular complexity index is 319. The lowest BCUT2D eigenvalue weighted by molar-refractivity contribution is 0.200. The molecule has 102 valence electrons. The van der Waals surface area contributed by atoms with E-state index in [4.69, 9.17) is 4.74 Å². The van der Waals surface area contributed by atoms with Gasteiger partial charge in [-0.2, -0.15) is 0 Å². The van der Waals surface area contributed by atoms with Gasteiger partial charge in [-0.05, 0) is 32.9 Å². The maximum absolute atomic E-state index is 11.9. The van der Waals surface area contributed by atoms with Gasteiger partial charge in [0.15, 0.2) is 0 Å². The smallest absolute Gasteiger partial charge is 0.216 e. The van der Waals surface area contributed by atoms with Crippen LogP contribution in [0.1, 0.15) is 26.7 Å². The van der Waals surface area contributed by atoms with Crippen LogP contribution in [0.15, 0.2) is 0 Å². The topological polar surface area (TPSA) is 58.6 Å². The quantitative estimate of drug-likeness (QED) is 0.724. The summed E-state index contributed by atoms with van der Waals surface area (Å²) < 4.78 is 31.3. The molecule has 1 N–H and O–H groups in total. The number of nitrogens with zero attached hydrogens (tertiary/aromatic N) is 1. The van der Waals surface area contributed by atoms with Crippen LogP contribution in [0.5, 0.6) is 0 Å². The van der Waals surface area contributed by atoms with E-state index >= 15 is 0 Å². The SMILES string of the molecule is CCN1CCC[C@H]1CNS(=O)(=O)[C@@H](C)COC. The van der Waals surface area contributed by atoms with Crippen LogP contribution in [-0.4, -0.2) is 58.0 Å². The van der Waals surface area contributed by atoms with Crippen LogP contribution in [0.4, 0.5) is 0 Å². The molecule has 1 aliphatic rings. The Balaban J connectivity index is 2.44. The van der Waals surface area contributed by atoms with Gasteiger partial charge in [-0.1, -0.05) is 6.92 Å². The number of rotatable bonds is 7. The highest BCUT2D eigenvalue weighted by atomic mass is 32.2. The first-order valence-corrected chi connectivity index (χ1v) is 7.77. The fourth-order valence-corrected chi connectivity index (χ4v) is 3.25. The minimum absolute atomic E-state index is 0.234. The number of ether oxygens (including phenoxy) is 1. The molecule has 1 saturated heterocycles. The summed E-state index contributed by atoms with van der Waals surface area (Å²) in [5, 5.41) is -0.496. The fraction of sp³-hybridized carbons (Fsp3) is 1.00. The summed E-state index contributed by atoms with van der Waals surface area (Å²) in [4.78, 5) is 2.32. The molecule has 0 aliphatic carbocycles. The third-order valence-electron chi connectivity index (χ3n) is 3.36. The van der Waals surface area contributed by atoms with Gasteiger partial charge in [0.1, 0.15) is 0 Å². The lowest BCUT2D eigenvalue weighted by atomic mass is 10.2. The molecule has 0 radical (unpaired) electrons. The summed E-state index contributed by atoms with van der Waals surface area (Å²) in [6.45, 7) is 6.59. The van der Waals surface area contributed by atoms with Crippen molar-refractivity contribution in [1.82, 2.24) is 9.62 Å². The van der Waals surface area contributed by atoms with Gasteiger partial charge in [0.05, 0.1) is 11.9 Å². The van der Waals surface area contributed by atoms with Crippen molar-refractivity contribution >= 4 is 10.0 Å². The van der Waals surface area contributed by atoms with Crippen LogP contribution in [-0.2, 0) is 14.8 Å². The summed E-state index contributed by atoms with van der Waals surface area (Å²) in [6.07, 6.45) is 2.24. The van der Waals surface area contributed by atoms with Gasteiger partial charge >= 0.3 is 0 Å². The molecule has 0 saturated carbocycles. The minimum Gasteiger partial charge on any atom is -0.383 e. The molecule has 0 amide bonds. The number of methoxy groups -OCH3 is 1. The first kappa shape index (κ1) is 14.9. The zero-order chi connectivity index (χ0) is 12.9. The number of likely N-dealkylation sites (N-methyl/N-ethyl adjacent to an activating group) is 1. The van der Waals surface area contributed by atoms with E-state index in [9.17, 15) is 8.42 Å². The molecule has 1 fully saturated rings. The monoisotopic (exact) mass is 264 g/mol. The molecule has 2 atom stereocenters. The zero-order valence-electron chi connectivity index (χ0n) is 11.0. The molecule has 0 aromatic heterocycles. The van der Waals surface area contributed by atoms with Gasteiger partial charge in [0.25, 0.3) is 0 Å². The summed E-state index contributed by atoms with van der Waals surface area (Å²) >= 11 is 0. The van der Waals surface area contributed by atoms with E-state index < -0.39 is 15.3 Å². The Morgan fingerprint density at radius 1 is 1.53 bits per heavy atom. The third-order valence-corrected chi connectivity index (χ3v) is 5.12. The number of likely N-dealkylation sites (tertiary alicyclic amines) is 1. The van der Waals surface area contributed by atoms with Gasteiger partial charge in [0, 0.05) is 19.7 Å². The molecule has 1 aliphatic heterocycles. The maximum Gasteiger partial charge on any atom is 0.216 e. The van der Waals surface area contributed by atoms with Crippen molar-refractivity contribution in [2.45, 2.75) is 38.0 Å². The highest BCUT2D eigenvalue weighted by molar-refractivity contribution is 7.90. The molecule has 6 heteroatoms. The second kappa shape index (κ2) is 6.68. The van der Waals surface area contributed by atoms with Crippen molar-refractivity contribution in [2.24, 2.45) is 0 Å². The van der Waals surface area contributed by atoms with Crippen molar-refractivity contribution in [2.75, 3.05) is 33.4 Å². The average molecular weight is 264 g/mol. The third kappa shape index (κ3) is 4.21. The average Bonchev–Trinajstić information content (AvgIpc) is 2.74. The van der Waals surface area contributed by atoms with Crippen molar-refractivity contribution < 1.29 is 13.2 Å².